The number of halogens is 1. The van der Waals surface area contributed by atoms with Crippen LogP contribution in [0, 0.1) is 5.92 Å². The van der Waals surface area contributed by atoms with Crippen LogP contribution in [0.25, 0.3) is 5.69 Å². The normalized spacial score (nSPS) is 15.4. The van der Waals surface area contributed by atoms with Crippen molar-refractivity contribution >= 4 is 18.3 Å². The van der Waals surface area contributed by atoms with Gasteiger partial charge in [-0.3, -0.25) is 4.79 Å². The van der Waals surface area contributed by atoms with Gasteiger partial charge in [-0.2, -0.15) is 0 Å². The number of carbonyl (C=O) groups excluding carboxylic acids is 1. The van der Waals surface area contributed by atoms with E-state index in [0.29, 0.717) is 18.2 Å². The number of piperidine rings is 1. The predicted molar refractivity (Wildman–Crippen MR) is 86.3 cm³/mol. The van der Waals surface area contributed by atoms with Crippen molar-refractivity contribution < 1.29 is 4.79 Å². The average molecular weight is 322 g/mol. The zero-order chi connectivity index (χ0) is 14.7. The van der Waals surface area contributed by atoms with E-state index in [-0.39, 0.29) is 18.3 Å². The van der Waals surface area contributed by atoms with E-state index in [9.17, 15) is 4.79 Å². The smallest absolute Gasteiger partial charge is 0.276 e. The molecule has 0 bridgehead atoms. The van der Waals surface area contributed by atoms with Crippen LogP contribution in [0.2, 0.25) is 0 Å². The van der Waals surface area contributed by atoms with Crippen LogP contribution in [0.15, 0.2) is 36.5 Å². The van der Waals surface area contributed by atoms with Crippen LogP contribution in [0.5, 0.6) is 0 Å². The fourth-order valence-corrected chi connectivity index (χ4v) is 2.60. The van der Waals surface area contributed by atoms with E-state index in [1.807, 2.05) is 35.2 Å². The Kier molecular flexibility index (Phi) is 5.51. The van der Waals surface area contributed by atoms with Crippen LogP contribution in [0.1, 0.15) is 23.3 Å². The molecule has 0 spiro atoms. The highest BCUT2D eigenvalue weighted by Crippen LogP contribution is 2.17. The first kappa shape index (κ1) is 16.5. The molecular formula is C15H20ClN5O. The lowest BCUT2D eigenvalue weighted by molar-refractivity contribution is 0.0687. The molecule has 22 heavy (non-hydrogen) atoms. The fraction of sp³-hybridized carbons (Fsp3) is 0.400. The van der Waals surface area contributed by atoms with Gasteiger partial charge in [-0.15, -0.1) is 17.5 Å². The van der Waals surface area contributed by atoms with Gasteiger partial charge in [0.05, 0.1) is 11.9 Å². The largest absolute Gasteiger partial charge is 0.337 e. The van der Waals surface area contributed by atoms with Crippen LogP contribution in [0.4, 0.5) is 0 Å². The quantitative estimate of drug-likeness (QED) is 0.929. The minimum atomic E-state index is -0.0485. The number of nitrogens with zero attached hydrogens (tertiary/aromatic N) is 4. The zero-order valence-electron chi connectivity index (χ0n) is 12.3. The monoisotopic (exact) mass is 321 g/mol. The second-order valence-corrected chi connectivity index (χ2v) is 5.36. The van der Waals surface area contributed by atoms with E-state index in [0.717, 1.165) is 31.6 Å². The average Bonchev–Trinajstić information content (AvgIpc) is 3.05. The highest BCUT2D eigenvalue weighted by Gasteiger charge is 2.24. The standard InChI is InChI=1S/C15H19N5O.ClH/c16-10-12-6-8-19(9-7-12)15(21)14-11-20(18-17-14)13-4-2-1-3-5-13;/h1-5,11-12H,6-10,16H2;1H. The minimum Gasteiger partial charge on any atom is -0.337 e. The van der Waals surface area contributed by atoms with Crippen molar-refractivity contribution in [3.63, 3.8) is 0 Å². The van der Waals surface area contributed by atoms with Gasteiger partial charge in [0, 0.05) is 13.1 Å². The third-order valence-electron chi connectivity index (χ3n) is 3.97. The number of para-hydroxylation sites is 1. The Morgan fingerprint density at radius 2 is 1.91 bits per heavy atom. The fourth-order valence-electron chi connectivity index (χ4n) is 2.60. The van der Waals surface area contributed by atoms with Crippen LogP contribution in [-0.4, -0.2) is 45.4 Å². The highest BCUT2D eigenvalue weighted by molar-refractivity contribution is 5.92. The number of amides is 1. The topological polar surface area (TPSA) is 77.0 Å². The van der Waals surface area contributed by atoms with Crippen molar-refractivity contribution in [1.82, 2.24) is 19.9 Å². The van der Waals surface area contributed by atoms with Crippen molar-refractivity contribution in [3.8, 4) is 5.69 Å². The second-order valence-electron chi connectivity index (χ2n) is 5.36. The van der Waals surface area contributed by atoms with Crippen LogP contribution >= 0.6 is 12.4 Å². The summed E-state index contributed by atoms with van der Waals surface area (Å²) < 4.78 is 1.62. The number of hydrogen-bond donors (Lipinski definition) is 1. The maximum absolute atomic E-state index is 12.4. The van der Waals surface area contributed by atoms with E-state index >= 15 is 0 Å². The van der Waals surface area contributed by atoms with Gasteiger partial charge in [-0.05, 0) is 37.4 Å². The summed E-state index contributed by atoms with van der Waals surface area (Å²) >= 11 is 0. The number of hydrogen-bond acceptors (Lipinski definition) is 4. The van der Waals surface area contributed by atoms with E-state index < -0.39 is 0 Å². The molecule has 1 aromatic heterocycles. The van der Waals surface area contributed by atoms with Gasteiger partial charge in [0.1, 0.15) is 0 Å². The molecule has 0 saturated carbocycles. The molecule has 2 N–H and O–H groups in total. The third-order valence-corrected chi connectivity index (χ3v) is 3.97. The molecule has 1 fully saturated rings. The Balaban J connectivity index is 0.00000176. The summed E-state index contributed by atoms with van der Waals surface area (Å²) in [4.78, 5) is 14.3. The summed E-state index contributed by atoms with van der Waals surface area (Å²) in [5, 5.41) is 8.04. The summed E-state index contributed by atoms with van der Waals surface area (Å²) in [5.74, 6) is 0.488. The molecule has 3 rings (SSSR count). The van der Waals surface area contributed by atoms with Crippen LogP contribution < -0.4 is 5.73 Å². The first-order valence-electron chi connectivity index (χ1n) is 7.25. The first-order chi connectivity index (χ1) is 10.3. The molecule has 0 atom stereocenters. The van der Waals surface area contributed by atoms with E-state index in [2.05, 4.69) is 10.3 Å². The maximum Gasteiger partial charge on any atom is 0.276 e. The van der Waals surface area contributed by atoms with Gasteiger partial charge in [0.25, 0.3) is 5.91 Å². The van der Waals surface area contributed by atoms with E-state index in [4.69, 9.17) is 5.73 Å². The van der Waals surface area contributed by atoms with Crippen LogP contribution in [0.3, 0.4) is 0 Å². The van der Waals surface area contributed by atoms with E-state index in [1.54, 1.807) is 10.9 Å². The third kappa shape index (κ3) is 3.45. The van der Waals surface area contributed by atoms with Crippen molar-refractivity contribution in [2.45, 2.75) is 12.8 Å². The molecule has 6 nitrogen and oxygen atoms in total. The number of likely N-dealkylation sites (tertiary alicyclic amines) is 1. The lowest BCUT2D eigenvalue weighted by Gasteiger charge is -2.30. The number of benzene rings is 1. The minimum absolute atomic E-state index is 0. The van der Waals surface area contributed by atoms with Gasteiger partial charge in [-0.25, -0.2) is 4.68 Å². The summed E-state index contributed by atoms with van der Waals surface area (Å²) in [6.07, 6.45) is 3.62. The maximum atomic E-state index is 12.4. The SMILES string of the molecule is Cl.NCC1CCN(C(=O)c2cn(-c3ccccc3)nn2)CC1. The van der Waals surface area contributed by atoms with Gasteiger partial charge in [0.15, 0.2) is 5.69 Å². The summed E-state index contributed by atoms with van der Waals surface area (Å²) in [6, 6.07) is 9.64. The Labute approximate surface area is 135 Å². The molecule has 0 unspecified atom stereocenters. The molecule has 1 amide bonds. The molecule has 118 valence electrons. The summed E-state index contributed by atoms with van der Waals surface area (Å²) in [6.45, 7) is 2.20. The van der Waals surface area contributed by atoms with Gasteiger partial charge < -0.3 is 10.6 Å². The molecule has 2 heterocycles. The molecule has 1 aromatic carbocycles. The number of aromatic nitrogens is 3. The van der Waals surface area contributed by atoms with Gasteiger partial charge in [-0.1, -0.05) is 23.4 Å². The van der Waals surface area contributed by atoms with Gasteiger partial charge in [0.2, 0.25) is 0 Å². The molecule has 2 aromatic rings. The Bertz CT molecular complexity index is 607. The Morgan fingerprint density at radius 1 is 1.23 bits per heavy atom. The molecule has 1 aliphatic rings. The Morgan fingerprint density at radius 3 is 2.55 bits per heavy atom. The second kappa shape index (κ2) is 7.38. The molecular weight excluding hydrogens is 302 g/mol. The number of nitrogens with two attached hydrogens (primary N) is 1. The van der Waals surface area contributed by atoms with E-state index in [1.165, 1.54) is 0 Å². The van der Waals surface area contributed by atoms with Crippen molar-refractivity contribution in [3.05, 3.63) is 42.2 Å². The molecule has 7 heteroatoms. The lowest BCUT2D eigenvalue weighted by atomic mass is 9.97. The predicted octanol–water partition coefficient (Wildman–Crippen LogP) is 1.50. The van der Waals surface area contributed by atoms with Crippen LogP contribution in [-0.2, 0) is 0 Å². The van der Waals surface area contributed by atoms with Crippen molar-refractivity contribution in [1.29, 1.82) is 0 Å². The molecule has 1 aliphatic heterocycles. The molecule has 1 saturated heterocycles. The van der Waals surface area contributed by atoms with Gasteiger partial charge >= 0.3 is 0 Å². The van der Waals surface area contributed by atoms with Crippen molar-refractivity contribution in [2.75, 3.05) is 19.6 Å². The zero-order valence-corrected chi connectivity index (χ0v) is 13.1. The number of rotatable bonds is 3. The Hall–Kier alpha value is -1.92. The first-order valence-corrected chi connectivity index (χ1v) is 7.25. The molecule has 0 radical (unpaired) electrons. The summed E-state index contributed by atoms with van der Waals surface area (Å²) in [5.41, 5.74) is 6.96. The molecule has 0 aliphatic carbocycles. The van der Waals surface area contributed by atoms with Crippen molar-refractivity contribution in [2.24, 2.45) is 11.7 Å². The number of carbonyl (C=O) groups is 1. The lowest BCUT2D eigenvalue weighted by Crippen LogP contribution is -2.40. The highest BCUT2D eigenvalue weighted by atomic mass is 35.5. The summed E-state index contributed by atoms with van der Waals surface area (Å²) in [7, 11) is 0.